The fourth-order valence-electron chi connectivity index (χ4n) is 3.36. The van der Waals surface area contributed by atoms with Crippen molar-refractivity contribution >= 4 is 17.5 Å². The largest absolute Gasteiger partial charge is 0.378 e. The number of ether oxygens (including phenoxy) is 1. The normalized spacial score (nSPS) is 13.9. The number of benzene rings is 2. The van der Waals surface area contributed by atoms with Crippen LogP contribution in [0.4, 0.5) is 11.6 Å². The number of morpholine rings is 1. The van der Waals surface area contributed by atoms with Crippen LogP contribution >= 0.6 is 0 Å². The molecule has 29 heavy (non-hydrogen) atoms. The van der Waals surface area contributed by atoms with E-state index in [9.17, 15) is 4.79 Å². The molecule has 1 saturated heterocycles. The Hall–Kier alpha value is -3.25. The van der Waals surface area contributed by atoms with Crippen molar-refractivity contribution < 1.29 is 9.53 Å². The van der Waals surface area contributed by atoms with Crippen molar-refractivity contribution in [2.24, 2.45) is 0 Å². The second kappa shape index (κ2) is 8.84. The van der Waals surface area contributed by atoms with Crippen LogP contribution in [0.1, 0.15) is 21.7 Å². The molecule has 3 aromatic rings. The van der Waals surface area contributed by atoms with Crippen LogP contribution in [0.2, 0.25) is 0 Å². The Kier molecular flexibility index (Phi) is 5.81. The summed E-state index contributed by atoms with van der Waals surface area (Å²) in [6.45, 7) is 4.80. The summed E-state index contributed by atoms with van der Waals surface area (Å²) in [5, 5.41) is 0. The van der Waals surface area contributed by atoms with E-state index >= 15 is 0 Å². The summed E-state index contributed by atoms with van der Waals surface area (Å²) in [7, 11) is 0. The highest BCUT2D eigenvalue weighted by Gasteiger charge is 2.22. The first-order valence-corrected chi connectivity index (χ1v) is 9.80. The molecule has 0 N–H and O–H groups in total. The van der Waals surface area contributed by atoms with Crippen molar-refractivity contribution in [2.75, 3.05) is 31.2 Å². The van der Waals surface area contributed by atoms with Gasteiger partial charge in [-0.2, -0.15) is 0 Å². The highest BCUT2D eigenvalue weighted by atomic mass is 16.5. The first kappa shape index (κ1) is 19.1. The summed E-state index contributed by atoms with van der Waals surface area (Å²) in [4.78, 5) is 26.1. The Labute approximate surface area is 170 Å². The van der Waals surface area contributed by atoms with Crippen LogP contribution in [0.5, 0.6) is 0 Å². The third-order valence-corrected chi connectivity index (χ3v) is 4.85. The Balaban J connectivity index is 1.70. The highest BCUT2D eigenvalue weighted by molar-refractivity contribution is 5.92. The average molecular weight is 388 g/mol. The van der Waals surface area contributed by atoms with E-state index in [4.69, 9.17) is 4.74 Å². The van der Waals surface area contributed by atoms with E-state index in [-0.39, 0.29) is 5.91 Å². The molecular formula is C23H24N4O2. The van der Waals surface area contributed by atoms with Gasteiger partial charge in [0.05, 0.1) is 19.8 Å². The van der Waals surface area contributed by atoms with Crippen LogP contribution in [0, 0.1) is 6.92 Å². The van der Waals surface area contributed by atoms with Crippen molar-refractivity contribution in [3.05, 3.63) is 83.7 Å². The van der Waals surface area contributed by atoms with Gasteiger partial charge in [0.2, 0.25) is 5.95 Å². The van der Waals surface area contributed by atoms with Crippen LogP contribution in [-0.4, -0.2) is 47.1 Å². The zero-order chi connectivity index (χ0) is 20.1. The van der Waals surface area contributed by atoms with Crippen molar-refractivity contribution in [3.8, 4) is 0 Å². The van der Waals surface area contributed by atoms with E-state index in [0.717, 1.165) is 16.9 Å². The summed E-state index contributed by atoms with van der Waals surface area (Å²) in [6.07, 6.45) is 0. The van der Waals surface area contributed by atoms with E-state index in [1.54, 1.807) is 11.0 Å². The molecule has 0 unspecified atom stereocenters. The maximum absolute atomic E-state index is 13.0. The zero-order valence-corrected chi connectivity index (χ0v) is 16.5. The van der Waals surface area contributed by atoms with E-state index in [2.05, 4.69) is 22.1 Å². The minimum absolute atomic E-state index is 0.0761. The topological polar surface area (TPSA) is 58.6 Å². The second-order valence-electron chi connectivity index (χ2n) is 7.01. The molecule has 6 heteroatoms. The van der Waals surface area contributed by atoms with Gasteiger partial charge in [-0.05, 0) is 30.7 Å². The van der Waals surface area contributed by atoms with E-state index < -0.39 is 0 Å². The number of para-hydroxylation sites is 1. The zero-order valence-electron chi connectivity index (χ0n) is 16.5. The lowest BCUT2D eigenvalue weighted by atomic mass is 10.2. The van der Waals surface area contributed by atoms with Crippen LogP contribution in [0.3, 0.4) is 0 Å². The van der Waals surface area contributed by atoms with Gasteiger partial charge in [-0.15, -0.1) is 0 Å². The van der Waals surface area contributed by atoms with Crippen LogP contribution in [-0.2, 0) is 11.3 Å². The summed E-state index contributed by atoms with van der Waals surface area (Å²) in [5.74, 6) is 0.449. The highest BCUT2D eigenvalue weighted by Crippen LogP contribution is 2.25. The first-order valence-electron chi connectivity index (χ1n) is 9.80. The number of aromatic nitrogens is 2. The number of hydrogen-bond acceptors (Lipinski definition) is 5. The quantitative estimate of drug-likeness (QED) is 0.668. The fourth-order valence-corrected chi connectivity index (χ4v) is 3.36. The molecule has 0 saturated carbocycles. The lowest BCUT2D eigenvalue weighted by molar-refractivity contribution is 0.0299. The van der Waals surface area contributed by atoms with E-state index in [1.807, 2.05) is 60.4 Å². The number of carbonyl (C=O) groups excluding carboxylic acids is 1. The van der Waals surface area contributed by atoms with Crippen molar-refractivity contribution in [1.82, 2.24) is 14.9 Å². The van der Waals surface area contributed by atoms with Gasteiger partial charge in [0.15, 0.2) is 0 Å². The minimum atomic E-state index is -0.0761. The molecule has 148 valence electrons. The predicted octanol–water partition coefficient (Wildman–Crippen LogP) is 3.60. The van der Waals surface area contributed by atoms with Crippen LogP contribution in [0.15, 0.2) is 66.7 Å². The molecule has 1 fully saturated rings. The number of hydrogen-bond donors (Lipinski definition) is 0. The third kappa shape index (κ3) is 4.60. The molecule has 0 aliphatic carbocycles. The number of carbonyl (C=O) groups is 1. The maximum Gasteiger partial charge on any atom is 0.272 e. The van der Waals surface area contributed by atoms with Gasteiger partial charge in [0.25, 0.3) is 5.91 Å². The lowest BCUT2D eigenvalue weighted by Gasteiger charge is -2.27. The summed E-state index contributed by atoms with van der Waals surface area (Å²) < 4.78 is 5.36. The molecule has 2 aromatic carbocycles. The molecule has 1 aliphatic rings. The monoisotopic (exact) mass is 388 g/mol. The standard InChI is InChI=1S/C23H24N4O2/c1-18-16-21(22(28)26-12-14-29-15-13-26)25-23(24-18)27(20-10-6-3-7-11-20)17-19-8-4-2-5-9-19/h2-11,16H,12-15,17H2,1H3. The number of nitrogens with zero attached hydrogens (tertiary/aromatic N) is 4. The van der Waals surface area contributed by atoms with Crippen molar-refractivity contribution in [2.45, 2.75) is 13.5 Å². The smallest absolute Gasteiger partial charge is 0.272 e. The van der Waals surface area contributed by atoms with Crippen LogP contribution in [0.25, 0.3) is 0 Å². The molecule has 0 spiro atoms. The molecule has 0 bridgehead atoms. The van der Waals surface area contributed by atoms with Gasteiger partial charge in [0.1, 0.15) is 5.69 Å². The van der Waals surface area contributed by atoms with Gasteiger partial charge in [-0.25, -0.2) is 9.97 Å². The number of amides is 1. The van der Waals surface area contributed by atoms with E-state index in [0.29, 0.717) is 44.5 Å². The third-order valence-electron chi connectivity index (χ3n) is 4.85. The summed E-state index contributed by atoms with van der Waals surface area (Å²) >= 11 is 0. The minimum Gasteiger partial charge on any atom is -0.378 e. The maximum atomic E-state index is 13.0. The first-order chi connectivity index (χ1) is 14.2. The molecule has 6 nitrogen and oxygen atoms in total. The second-order valence-corrected chi connectivity index (χ2v) is 7.01. The molecule has 4 rings (SSSR count). The molecule has 1 aromatic heterocycles. The molecular weight excluding hydrogens is 364 g/mol. The SMILES string of the molecule is Cc1cc(C(=O)N2CCOCC2)nc(N(Cc2ccccc2)c2ccccc2)n1. The van der Waals surface area contributed by atoms with E-state index in [1.165, 1.54) is 0 Å². The Morgan fingerprint density at radius 3 is 2.34 bits per heavy atom. The summed E-state index contributed by atoms with van der Waals surface area (Å²) in [6, 6.07) is 21.9. The van der Waals surface area contributed by atoms with Crippen molar-refractivity contribution in [1.29, 1.82) is 0 Å². The molecule has 2 heterocycles. The van der Waals surface area contributed by atoms with Gasteiger partial charge in [0, 0.05) is 24.5 Å². The molecule has 0 atom stereocenters. The Morgan fingerprint density at radius 1 is 1.00 bits per heavy atom. The molecule has 1 amide bonds. The Morgan fingerprint density at radius 2 is 1.66 bits per heavy atom. The van der Waals surface area contributed by atoms with Crippen molar-refractivity contribution in [3.63, 3.8) is 0 Å². The number of rotatable bonds is 5. The van der Waals surface area contributed by atoms with Gasteiger partial charge in [-0.1, -0.05) is 48.5 Å². The van der Waals surface area contributed by atoms with Gasteiger partial charge >= 0.3 is 0 Å². The predicted molar refractivity (Wildman–Crippen MR) is 112 cm³/mol. The summed E-state index contributed by atoms with van der Waals surface area (Å²) in [5.41, 5.74) is 3.30. The molecule has 0 radical (unpaired) electrons. The average Bonchev–Trinajstić information content (AvgIpc) is 2.78. The van der Waals surface area contributed by atoms with Crippen LogP contribution < -0.4 is 4.90 Å². The lowest BCUT2D eigenvalue weighted by Crippen LogP contribution is -2.41. The number of aryl methyl sites for hydroxylation is 1. The number of anilines is 2. The van der Waals surface area contributed by atoms with Gasteiger partial charge < -0.3 is 14.5 Å². The van der Waals surface area contributed by atoms with Gasteiger partial charge in [-0.3, -0.25) is 4.79 Å². The fraction of sp³-hybridized carbons (Fsp3) is 0.261. The molecule has 1 aliphatic heterocycles. The Bertz CT molecular complexity index is 957.